The number of rotatable bonds is 6. The molecule has 0 aromatic heterocycles. The molecule has 2 unspecified atom stereocenters. The van der Waals surface area contributed by atoms with E-state index in [2.05, 4.69) is 5.32 Å². The zero-order valence-electron chi connectivity index (χ0n) is 13.0. The van der Waals surface area contributed by atoms with Crippen molar-refractivity contribution in [1.82, 2.24) is 5.32 Å². The molecule has 0 bridgehead atoms. The lowest BCUT2D eigenvalue weighted by Crippen LogP contribution is -2.41. The van der Waals surface area contributed by atoms with E-state index in [4.69, 9.17) is 10.5 Å². The van der Waals surface area contributed by atoms with Gasteiger partial charge in [-0.1, -0.05) is 25.0 Å². The summed E-state index contributed by atoms with van der Waals surface area (Å²) in [7, 11) is 0. The van der Waals surface area contributed by atoms with Crippen molar-refractivity contribution >= 4 is 5.91 Å². The maximum Gasteiger partial charge on any atom is 0.260 e. The van der Waals surface area contributed by atoms with Crippen molar-refractivity contribution in [3.05, 3.63) is 29.8 Å². The molecule has 0 saturated heterocycles. The summed E-state index contributed by atoms with van der Waals surface area (Å²) in [4.78, 5) is 12.1. The molecular weight excluding hydrogens is 264 g/mol. The standard InChI is InChI=1S/C17H26N2O2/c1-12(18)11-14-7-9-16(10-8-14)21-13(2)17(20)19-15-5-3-4-6-15/h7-10,12-13,15H,3-6,11,18H2,1-2H3,(H,19,20). The lowest BCUT2D eigenvalue weighted by atomic mass is 10.1. The molecule has 116 valence electrons. The second-order valence-electron chi connectivity index (χ2n) is 6.08. The molecular formula is C17H26N2O2. The summed E-state index contributed by atoms with van der Waals surface area (Å²) in [5, 5.41) is 3.06. The van der Waals surface area contributed by atoms with Crippen LogP contribution < -0.4 is 15.8 Å². The molecule has 1 fully saturated rings. The van der Waals surface area contributed by atoms with Crippen molar-refractivity contribution in [1.29, 1.82) is 0 Å². The van der Waals surface area contributed by atoms with Gasteiger partial charge in [0.1, 0.15) is 5.75 Å². The van der Waals surface area contributed by atoms with Gasteiger partial charge in [-0.2, -0.15) is 0 Å². The van der Waals surface area contributed by atoms with Crippen molar-refractivity contribution in [2.45, 2.75) is 64.1 Å². The van der Waals surface area contributed by atoms with Crippen molar-refractivity contribution < 1.29 is 9.53 Å². The summed E-state index contributed by atoms with van der Waals surface area (Å²) in [6.07, 6.45) is 4.97. The Morgan fingerprint density at radius 2 is 1.90 bits per heavy atom. The number of nitrogens with one attached hydrogen (secondary N) is 1. The molecule has 1 aromatic rings. The minimum absolute atomic E-state index is 0.0263. The first-order valence-corrected chi connectivity index (χ1v) is 7.86. The molecule has 1 aromatic carbocycles. The van der Waals surface area contributed by atoms with E-state index >= 15 is 0 Å². The zero-order valence-corrected chi connectivity index (χ0v) is 13.0. The molecule has 0 heterocycles. The van der Waals surface area contributed by atoms with Gasteiger partial charge in [0.2, 0.25) is 0 Å². The van der Waals surface area contributed by atoms with Crippen LogP contribution in [0.2, 0.25) is 0 Å². The van der Waals surface area contributed by atoms with Gasteiger partial charge in [-0.15, -0.1) is 0 Å². The summed E-state index contributed by atoms with van der Waals surface area (Å²) in [5.41, 5.74) is 6.96. The summed E-state index contributed by atoms with van der Waals surface area (Å²) in [6, 6.07) is 8.28. The molecule has 0 aliphatic heterocycles. The molecule has 3 N–H and O–H groups in total. The highest BCUT2D eigenvalue weighted by molar-refractivity contribution is 5.81. The van der Waals surface area contributed by atoms with Crippen molar-refractivity contribution in [3.63, 3.8) is 0 Å². The molecule has 4 heteroatoms. The van der Waals surface area contributed by atoms with E-state index in [0.717, 1.165) is 25.0 Å². The third-order valence-electron chi connectivity index (χ3n) is 3.86. The monoisotopic (exact) mass is 290 g/mol. The summed E-state index contributed by atoms with van der Waals surface area (Å²) in [6.45, 7) is 3.78. The Hall–Kier alpha value is -1.55. The number of hydrogen-bond donors (Lipinski definition) is 2. The lowest BCUT2D eigenvalue weighted by molar-refractivity contribution is -0.127. The van der Waals surface area contributed by atoms with Crippen LogP contribution in [0.25, 0.3) is 0 Å². The molecule has 0 spiro atoms. The Balaban J connectivity index is 1.83. The second kappa shape index (κ2) is 7.46. The fourth-order valence-corrected chi connectivity index (χ4v) is 2.72. The maximum absolute atomic E-state index is 12.1. The highest BCUT2D eigenvalue weighted by atomic mass is 16.5. The third kappa shape index (κ3) is 5.05. The average molecular weight is 290 g/mol. The highest BCUT2D eigenvalue weighted by Gasteiger charge is 2.21. The van der Waals surface area contributed by atoms with Gasteiger partial charge in [-0.3, -0.25) is 4.79 Å². The summed E-state index contributed by atoms with van der Waals surface area (Å²) < 4.78 is 5.70. The van der Waals surface area contributed by atoms with Gasteiger partial charge < -0.3 is 15.8 Å². The van der Waals surface area contributed by atoms with Gasteiger partial charge in [0.05, 0.1) is 0 Å². The number of benzene rings is 1. The topological polar surface area (TPSA) is 64.3 Å². The molecule has 1 amide bonds. The van der Waals surface area contributed by atoms with Crippen LogP contribution in [0, 0.1) is 0 Å². The van der Waals surface area contributed by atoms with Gasteiger partial charge >= 0.3 is 0 Å². The normalized spacial score (nSPS) is 18.2. The number of carbonyl (C=O) groups excluding carboxylic acids is 1. The Kier molecular flexibility index (Phi) is 5.62. The molecule has 21 heavy (non-hydrogen) atoms. The Labute approximate surface area is 127 Å². The first-order chi connectivity index (χ1) is 10.0. The molecule has 1 aliphatic carbocycles. The highest BCUT2D eigenvalue weighted by Crippen LogP contribution is 2.18. The second-order valence-corrected chi connectivity index (χ2v) is 6.08. The van der Waals surface area contributed by atoms with E-state index in [-0.39, 0.29) is 11.9 Å². The van der Waals surface area contributed by atoms with Gasteiger partial charge in [0.15, 0.2) is 6.10 Å². The number of amides is 1. The maximum atomic E-state index is 12.1. The summed E-state index contributed by atoms with van der Waals surface area (Å²) >= 11 is 0. The first kappa shape index (κ1) is 15.8. The lowest BCUT2D eigenvalue weighted by Gasteiger charge is -2.18. The molecule has 0 radical (unpaired) electrons. The molecule has 2 atom stereocenters. The predicted molar refractivity (Wildman–Crippen MR) is 84.3 cm³/mol. The minimum Gasteiger partial charge on any atom is -0.481 e. The smallest absolute Gasteiger partial charge is 0.260 e. The summed E-state index contributed by atoms with van der Waals surface area (Å²) in [5.74, 6) is 0.694. The minimum atomic E-state index is -0.468. The van der Waals surface area contributed by atoms with Crippen LogP contribution in [0.5, 0.6) is 5.75 Å². The third-order valence-corrected chi connectivity index (χ3v) is 3.86. The Morgan fingerprint density at radius 1 is 1.29 bits per heavy atom. The predicted octanol–water partition coefficient (Wildman–Crippen LogP) is 2.40. The molecule has 1 saturated carbocycles. The van der Waals surface area contributed by atoms with Crippen molar-refractivity contribution in [2.24, 2.45) is 5.73 Å². The fraction of sp³-hybridized carbons (Fsp3) is 0.588. The van der Waals surface area contributed by atoms with Crippen LogP contribution in [0.1, 0.15) is 45.1 Å². The van der Waals surface area contributed by atoms with Gasteiger partial charge in [0, 0.05) is 12.1 Å². The SMILES string of the molecule is CC(N)Cc1ccc(OC(C)C(=O)NC2CCCC2)cc1. The largest absolute Gasteiger partial charge is 0.481 e. The number of nitrogens with two attached hydrogens (primary N) is 1. The van der Waals surface area contributed by atoms with Crippen LogP contribution in [0.4, 0.5) is 0 Å². The van der Waals surface area contributed by atoms with Gasteiger partial charge in [0.25, 0.3) is 5.91 Å². The zero-order chi connectivity index (χ0) is 15.2. The average Bonchev–Trinajstić information content (AvgIpc) is 2.93. The van der Waals surface area contributed by atoms with Crippen LogP contribution in [-0.2, 0) is 11.2 Å². The van der Waals surface area contributed by atoms with Crippen molar-refractivity contribution in [2.75, 3.05) is 0 Å². The van der Waals surface area contributed by atoms with Crippen molar-refractivity contribution in [3.8, 4) is 5.75 Å². The number of hydrogen-bond acceptors (Lipinski definition) is 3. The van der Waals surface area contributed by atoms with Crippen LogP contribution >= 0.6 is 0 Å². The number of ether oxygens (including phenoxy) is 1. The van der Waals surface area contributed by atoms with E-state index < -0.39 is 6.10 Å². The molecule has 4 nitrogen and oxygen atoms in total. The van der Waals surface area contributed by atoms with Gasteiger partial charge in [-0.05, 0) is 50.8 Å². The van der Waals surface area contributed by atoms with Crippen LogP contribution in [0.15, 0.2) is 24.3 Å². The van der Waals surface area contributed by atoms with Crippen LogP contribution in [-0.4, -0.2) is 24.1 Å². The van der Waals surface area contributed by atoms with E-state index in [1.54, 1.807) is 6.92 Å². The molecule has 1 aliphatic rings. The van der Waals surface area contributed by atoms with E-state index in [9.17, 15) is 4.79 Å². The number of carbonyl (C=O) groups is 1. The molecule has 2 rings (SSSR count). The van der Waals surface area contributed by atoms with Crippen LogP contribution in [0.3, 0.4) is 0 Å². The van der Waals surface area contributed by atoms with E-state index in [0.29, 0.717) is 6.04 Å². The fourth-order valence-electron chi connectivity index (χ4n) is 2.72. The quantitative estimate of drug-likeness (QED) is 0.845. The van der Waals surface area contributed by atoms with Gasteiger partial charge in [-0.25, -0.2) is 0 Å². The first-order valence-electron chi connectivity index (χ1n) is 7.86. The Bertz CT molecular complexity index is 450. The van der Waals surface area contributed by atoms with E-state index in [1.165, 1.54) is 18.4 Å². The Morgan fingerprint density at radius 3 is 2.48 bits per heavy atom. The van der Waals surface area contributed by atoms with E-state index in [1.807, 2.05) is 31.2 Å².